The van der Waals surface area contributed by atoms with Crippen molar-refractivity contribution in [3.63, 3.8) is 0 Å². The zero-order valence-corrected chi connectivity index (χ0v) is 23.0. The molecule has 2 aliphatic rings. The Kier molecular flexibility index (Phi) is 8.15. The van der Waals surface area contributed by atoms with Gasteiger partial charge in [0, 0.05) is 42.7 Å². The molecule has 0 spiro atoms. The molecule has 2 fully saturated rings. The van der Waals surface area contributed by atoms with Crippen LogP contribution in [0.25, 0.3) is 16.8 Å². The third-order valence-electron chi connectivity index (χ3n) is 8.19. The molecule has 3 atom stereocenters. The van der Waals surface area contributed by atoms with Crippen LogP contribution >= 0.6 is 0 Å². The molecular formula is C32H38N4O3. The molecule has 7 heteroatoms. The van der Waals surface area contributed by atoms with Gasteiger partial charge >= 0.3 is 5.97 Å². The first kappa shape index (κ1) is 26.7. The van der Waals surface area contributed by atoms with Crippen LogP contribution in [0.3, 0.4) is 0 Å². The van der Waals surface area contributed by atoms with Gasteiger partial charge in [0.1, 0.15) is 5.75 Å². The van der Waals surface area contributed by atoms with Crippen molar-refractivity contribution in [2.24, 2.45) is 27.8 Å². The standard InChI is InChI=1S/C32H38N4O3/c1-21(22-9-5-4-6-10-22)39-26-14-8-12-24(18-26)23-11-7-13-25(17-23)36-16-15-27(32(37)38-3)31(36)29-19-28(29)30(35-33)20-34-2/h7-8,11-18,20-22,28-29H,4-6,9-10,19,33H2,1-3H3/t21?,28-,29?/m0/s1. The van der Waals surface area contributed by atoms with E-state index >= 15 is 0 Å². The Balaban J connectivity index is 1.43. The first-order chi connectivity index (χ1) is 19.0. The quantitative estimate of drug-likeness (QED) is 0.151. The first-order valence-electron chi connectivity index (χ1n) is 13.9. The van der Waals surface area contributed by atoms with E-state index in [1.54, 1.807) is 13.3 Å². The van der Waals surface area contributed by atoms with Gasteiger partial charge in [-0.3, -0.25) is 4.99 Å². The number of hydrogen-bond donors (Lipinski definition) is 1. The fraction of sp³-hybridized carbons (Fsp3) is 0.406. The largest absolute Gasteiger partial charge is 0.490 e. The lowest BCUT2D eigenvalue weighted by molar-refractivity contribution is 0.0599. The van der Waals surface area contributed by atoms with E-state index in [1.807, 2.05) is 24.4 Å². The van der Waals surface area contributed by atoms with Crippen LogP contribution in [0, 0.1) is 11.8 Å². The van der Waals surface area contributed by atoms with Gasteiger partial charge in [0.05, 0.1) is 24.5 Å². The van der Waals surface area contributed by atoms with Crippen molar-refractivity contribution in [3.8, 4) is 22.6 Å². The summed E-state index contributed by atoms with van der Waals surface area (Å²) in [6, 6.07) is 18.5. The number of ether oxygens (including phenoxy) is 2. The highest BCUT2D eigenvalue weighted by atomic mass is 16.5. The van der Waals surface area contributed by atoms with Crippen LogP contribution in [0.1, 0.15) is 67.4 Å². The number of nitrogens with zero attached hydrogens (tertiary/aromatic N) is 3. The van der Waals surface area contributed by atoms with Gasteiger partial charge in [-0.2, -0.15) is 5.10 Å². The number of rotatable bonds is 9. The minimum atomic E-state index is -0.349. The fourth-order valence-electron chi connectivity index (χ4n) is 6.01. The molecule has 2 aliphatic carbocycles. The van der Waals surface area contributed by atoms with Crippen molar-refractivity contribution in [2.75, 3.05) is 14.2 Å². The molecule has 0 saturated heterocycles. The van der Waals surface area contributed by atoms with E-state index in [0.29, 0.717) is 11.5 Å². The first-order valence-corrected chi connectivity index (χ1v) is 13.9. The molecule has 2 saturated carbocycles. The number of carbonyl (C=O) groups excluding carboxylic acids is 1. The van der Waals surface area contributed by atoms with Crippen molar-refractivity contribution in [2.45, 2.75) is 57.5 Å². The molecule has 1 aromatic heterocycles. The van der Waals surface area contributed by atoms with Crippen LogP contribution < -0.4 is 10.6 Å². The minimum absolute atomic E-state index is 0.0936. The van der Waals surface area contributed by atoms with Crippen LogP contribution in [0.15, 0.2) is 70.9 Å². The number of carbonyl (C=O) groups is 1. The Hall–Kier alpha value is -3.87. The predicted octanol–water partition coefficient (Wildman–Crippen LogP) is 6.40. The summed E-state index contributed by atoms with van der Waals surface area (Å²) in [6.07, 6.45) is 11.1. The van der Waals surface area contributed by atoms with Gasteiger partial charge in [-0.15, -0.1) is 0 Å². The third-order valence-corrected chi connectivity index (χ3v) is 8.19. The minimum Gasteiger partial charge on any atom is -0.490 e. The normalized spacial score (nSPS) is 20.6. The molecule has 5 rings (SSSR count). The maximum Gasteiger partial charge on any atom is 0.339 e. The average Bonchev–Trinajstić information content (AvgIpc) is 3.64. The molecule has 1 heterocycles. The second-order valence-corrected chi connectivity index (χ2v) is 10.7. The second kappa shape index (κ2) is 11.9. The lowest BCUT2D eigenvalue weighted by Gasteiger charge is -2.28. The molecular weight excluding hydrogens is 488 g/mol. The Morgan fingerprint density at radius 2 is 1.82 bits per heavy atom. The van der Waals surface area contributed by atoms with Gasteiger partial charge in [-0.1, -0.05) is 43.5 Å². The van der Waals surface area contributed by atoms with Gasteiger partial charge in [-0.25, -0.2) is 4.79 Å². The number of hydrogen-bond acceptors (Lipinski definition) is 6. The SMILES string of the molecule is CN=CC(=NN)[C@H]1CC1c1c(C(=O)OC)ccn1-c1cccc(-c2cccc(OC(C)C3CCCCC3)c2)c1. The highest BCUT2D eigenvalue weighted by Crippen LogP contribution is 2.50. The molecule has 2 aromatic carbocycles. The second-order valence-electron chi connectivity index (χ2n) is 10.7. The van der Waals surface area contributed by atoms with Crippen molar-refractivity contribution < 1.29 is 14.3 Å². The Morgan fingerprint density at radius 3 is 2.54 bits per heavy atom. The van der Waals surface area contributed by atoms with Crippen LogP contribution in [0.4, 0.5) is 0 Å². The predicted molar refractivity (Wildman–Crippen MR) is 156 cm³/mol. The van der Waals surface area contributed by atoms with Crippen molar-refractivity contribution in [1.82, 2.24) is 4.57 Å². The summed E-state index contributed by atoms with van der Waals surface area (Å²) in [5.41, 5.74) is 5.35. The monoisotopic (exact) mass is 526 g/mol. The summed E-state index contributed by atoms with van der Waals surface area (Å²) in [6.45, 7) is 2.20. The number of hydrazone groups is 1. The topological polar surface area (TPSA) is 91.2 Å². The number of aliphatic imine (C=N–C) groups is 1. The summed E-state index contributed by atoms with van der Waals surface area (Å²) in [5, 5.41) is 3.94. The zero-order valence-electron chi connectivity index (χ0n) is 23.0. The molecule has 204 valence electrons. The highest BCUT2D eigenvalue weighted by Gasteiger charge is 2.45. The van der Waals surface area contributed by atoms with Crippen molar-refractivity contribution in [3.05, 3.63) is 72.1 Å². The zero-order chi connectivity index (χ0) is 27.4. The fourth-order valence-corrected chi connectivity index (χ4v) is 6.01. The highest BCUT2D eigenvalue weighted by molar-refractivity contribution is 6.32. The molecule has 7 nitrogen and oxygen atoms in total. The lowest BCUT2D eigenvalue weighted by Crippen LogP contribution is -2.25. The van der Waals surface area contributed by atoms with Gasteiger partial charge in [-0.05, 0) is 73.6 Å². The summed E-state index contributed by atoms with van der Waals surface area (Å²) >= 11 is 0. The third kappa shape index (κ3) is 5.77. The molecule has 0 radical (unpaired) electrons. The van der Waals surface area contributed by atoms with Gasteiger partial charge in [0.25, 0.3) is 0 Å². The van der Waals surface area contributed by atoms with Crippen LogP contribution in [-0.4, -0.2) is 42.7 Å². The van der Waals surface area contributed by atoms with Crippen LogP contribution in [0.5, 0.6) is 5.75 Å². The van der Waals surface area contributed by atoms with Crippen LogP contribution in [0.2, 0.25) is 0 Å². The molecule has 3 aromatic rings. The molecule has 39 heavy (non-hydrogen) atoms. The van der Waals surface area contributed by atoms with E-state index < -0.39 is 0 Å². The number of benzene rings is 2. The summed E-state index contributed by atoms with van der Waals surface area (Å²) < 4.78 is 13.6. The van der Waals surface area contributed by atoms with E-state index in [2.05, 4.69) is 58.0 Å². The Labute approximate surface area is 230 Å². The average molecular weight is 527 g/mol. The van der Waals surface area contributed by atoms with Gasteiger partial charge < -0.3 is 19.9 Å². The Bertz CT molecular complexity index is 1370. The van der Waals surface area contributed by atoms with Gasteiger partial charge in [0.15, 0.2) is 0 Å². The smallest absolute Gasteiger partial charge is 0.339 e. The number of aromatic nitrogens is 1. The van der Waals surface area contributed by atoms with Crippen LogP contribution in [-0.2, 0) is 4.74 Å². The summed E-state index contributed by atoms with van der Waals surface area (Å²) in [7, 11) is 3.11. The molecule has 0 amide bonds. The molecule has 2 unspecified atom stereocenters. The molecule has 0 aliphatic heterocycles. The molecule has 0 bridgehead atoms. The van der Waals surface area contributed by atoms with E-state index in [-0.39, 0.29) is 23.9 Å². The van der Waals surface area contributed by atoms with Crippen molar-refractivity contribution in [1.29, 1.82) is 0 Å². The summed E-state index contributed by atoms with van der Waals surface area (Å²) in [5.74, 6) is 7.03. The summed E-state index contributed by atoms with van der Waals surface area (Å²) in [4.78, 5) is 16.8. The van der Waals surface area contributed by atoms with E-state index in [4.69, 9.17) is 15.3 Å². The number of nitrogens with two attached hydrogens (primary N) is 1. The maximum absolute atomic E-state index is 12.7. The lowest BCUT2D eigenvalue weighted by atomic mass is 9.86. The Morgan fingerprint density at radius 1 is 1.08 bits per heavy atom. The molecule has 2 N–H and O–H groups in total. The van der Waals surface area contributed by atoms with Crippen molar-refractivity contribution >= 4 is 17.9 Å². The van der Waals surface area contributed by atoms with E-state index in [1.165, 1.54) is 39.2 Å². The van der Waals surface area contributed by atoms with E-state index in [9.17, 15) is 4.79 Å². The van der Waals surface area contributed by atoms with E-state index in [0.717, 1.165) is 40.4 Å². The maximum atomic E-state index is 12.7. The van der Waals surface area contributed by atoms with Gasteiger partial charge in [0.2, 0.25) is 0 Å². The number of esters is 1. The number of methoxy groups -OCH3 is 1.